The highest BCUT2D eigenvalue weighted by Gasteiger charge is 2.16. The smallest absolute Gasteiger partial charge is 0.321 e. The van der Waals surface area contributed by atoms with E-state index in [1.807, 2.05) is 35.2 Å². The topological polar surface area (TPSA) is 35.6 Å². The van der Waals surface area contributed by atoms with E-state index in [-0.39, 0.29) is 6.03 Å². The molecule has 1 aliphatic heterocycles. The summed E-state index contributed by atoms with van der Waals surface area (Å²) >= 11 is 0. The summed E-state index contributed by atoms with van der Waals surface area (Å²) in [6.45, 7) is 3.65. The Morgan fingerprint density at radius 1 is 1.12 bits per heavy atom. The Labute approximate surface area is 102 Å². The van der Waals surface area contributed by atoms with Crippen LogP contribution in [0.2, 0.25) is 0 Å². The molecule has 0 unspecified atom stereocenters. The average molecular weight is 233 g/mol. The second kappa shape index (κ2) is 5.68. The van der Waals surface area contributed by atoms with E-state index >= 15 is 0 Å². The SMILES string of the molecule is CN1CCCN(C(=O)Nc2ccccc2)CC1. The number of hydrogen-bond acceptors (Lipinski definition) is 2. The molecule has 0 spiro atoms. The van der Waals surface area contributed by atoms with Crippen molar-refractivity contribution in [2.24, 2.45) is 0 Å². The maximum Gasteiger partial charge on any atom is 0.321 e. The van der Waals surface area contributed by atoms with Gasteiger partial charge in [-0.3, -0.25) is 0 Å². The van der Waals surface area contributed by atoms with Gasteiger partial charge in [0.25, 0.3) is 0 Å². The lowest BCUT2D eigenvalue weighted by atomic mass is 10.3. The first kappa shape index (κ1) is 11.9. The van der Waals surface area contributed by atoms with Crippen LogP contribution in [-0.2, 0) is 0 Å². The van der Waals surface area contributed by atoms with Crippen molar-refractivity contribution < 1.29 is 4.79 Å². The number of amides is 2. The van der Waals surface area contributed by atoms with Crippen LogP contribution in [0.3, 0.4) is 0 Å². The van der Waals surface area contributed by atoms with E-state index in [1.165, 1.54) is 0 Å². The van der Waals surface area contributed by atoms with Crippen LogP contribution in [0.15, 0.2) is 30.3 Å². The Balaban J connectivity index is 1.91. The Bertz CT molecular complexity index is 366. The zero-order chi connectivity index (χ0) is 12.1. The van der Waals surface area contributed by atoms with Crippen LogP contribution < -0.4 is 5.32 Å². The lowest BCUT2D eigenvalue weighted by Crippen LogP contribution is -2.37. The van der Waals surface area contributed by atoms with E-state index in [9.17, 15) is 4.79 Å². The molecule has 1 heterocycles. The van der Waals surface area contributed by atoms with Gasteiger partial charge in [-0.05, 0) is 32.1 Å². The minimum atomic E-state index is 0.00602. The third-order valence-corrected chi connectivity index (χ3v) is 3.03. The number of urea groups is 1. The average Bonchev–Trinajstić information content (AvgIpc) is 2.55. The Morgan fingerprint density at radius 2 is 1.88 bits per heavy atom. The van der Waals surface area contributed by atoms with E-state index in [4.69, 9.17) is 0 Å². The van der Waals surface area contributed by atoms with Gasteiger partial charge >= 0.3 is 6.03 Å². The Hall–Kier alpha value is -1.55. The predicted molar refractivity (Wildman–Crippen MR) is 69.1 cm³/mol. The maximum atomic E-state index is 12.0. The van der Waals surface area contributed by atoms with Crippen molar-refractivity contribution >= 4 is 11.7 Å². The van der Waals surface area contributed by atoms with Gasteiger partial charge in [0.1, 0.15) is 0 Å². The summed E-state index contributed by atoms with van der Waals surface area (Å²) in [5, 5.41) is 2.92. The molecule has 1 N–H and O–H groups in total. The number of benzene rings is 1. The van der Waals surface area contributed by atoms with Gasteiger partial charge in [0.15, 0.2) is 0 Å². The first-order chi connectivity index (χ1) is 8.25. The molecule has 2 rings (SSSR count). The molecule has 17 heavy (non-hydrogen) atoms. The van der Waals surface area contributed by atoms with Gasteiger partial charge in [-0.25, -0.2) is 4.79 Å². The summed E-state index contributed by atoms with van der Waals surface area (Å²) in [6, 6.07) is 9.60. The van der Waals surface area contributed by atoms with Crippen molar-refractivity contribution in [2.45, 2.75) is 6.42 Å². The number of anilines is 1. The molecule has 0 aliphatic carbocycles. The molecular formula is C13H19N3O. The third kappa shape index (κ3) is 3.46. The second-order valence-corrected chi connectivity index (χ2v) is 4.44. The maximum absolute atomic E-state index is 12.0. The summed E-state index contributed by atoms with van der Waals surface area (Å²) in [5.74, 6) is 0. The molecule has 0 atom stereocenters. The first-order valence-electron chi connectivity index (χ1n) is 6.05. The fourth-order valence-corrected chi connectivity index (χ4v) is 1.97. The molecule has 1 aliphatic rings. The van der Waals surface area contributed by atoms with Crippen molar-refractivity contribution in [3.8, 4) is 0 Å². The van der Waals surface area contributed by atoms with Crippen LogP contribution in [0.1, 0.15) is 6.42 Å². The van der Waals surface area contributed by atoms with Gasteiger partial charge in [0.2, 0.25) is 0 Å². The van der Waals surface area contributed by atoms with Crippen LogP contribution in [0.25, 0.3) is 0 Å². The van der Waals surface area contributed by atoms with E-state index in [0.717, 1.165) is 38.3 Å². The highest BCUT2D eigenvalue weighted by atomic mass is 16.2. The highest BCUT2D eigenvalue weighted by Crippen LogP contribution is 2.08. The van der Waals surface area contributed by atoms with Crippen LogP contribution in [-0.4, -0.2) is 49.1 Å². The summed E-state index contributed by atoms with van der Waals surface area (Å²) in [7, 11) is 2.10. The lowest BCUT2D eigenvalue weighted by molar-refractivity contribution is 0.213. The minimum Gasteiger partial charge on any atom is -0.323 e. The highest BCUT2D eigenvalue weighted by molar-refractivity contribution is 5.89. The summed E-state index contributed by atoms with van der Waals surface area (Å²) in [6.07, 6.45) is 1.04. The molecule has 1 aromatic carbocycles. The van der Waals surface area contributed by atoms with Crippen molar-refractivity contribution in [1.82, 2.24) is 9.80 Å². The van der Waals surface area contributed by atoms with E-state index in [1.54, 1.807) is 0 Å². The number of carbonyl (C=O) groups excluding carboxylic acids is 1. The van der Waals surface area contributed by atoms with Crippen molar-refractivity contribution in [3.63, 3.8) is 0 Å². The van der Waals surface area contributed by atoms with Crippen LogP contribution in [0.4, 0.5) is 10.5 Å². The Morgan fingerprint density at radius 3 is 2.65 bits per heavy atom. The number of nitrogens with one attached hydrogen (secondary N) is 1. The van der Waals surface area contributed by atoms with Gasteiger partial charge in [0.05, 0.1) is 0 Å². The minimum absolute atomic E-state index is 0.00602. The van der Waals surface area contributed by atoms with Gasteiger partial charge in [-0.15, -0.1) is 0 Å². The van der Waals surface area contributed by atoms with Crippen molar-refractivity contribution in [3.05, 3.63) is 30.3 Å². The van der Waals surface area contributed by atoms with E-state index in [0.29, 0.717) is 0 Å². The molecule has 0 aromatic heterocycles. The number of rotatable bonds is 1. The molecule has 0 saturated carbocycles. The molecule has 1 aromatic rings. The normalized spacial score (nSPS) is 17.6. The van der Waals surface area contributed by atoms with Gasteiger partial charge in [-0.1, -0.05) is 18.2 Å². The fourth-order valence-electron chi connectivity index (χ4n) is 1.97. The van der Waals surface area contributed by atoms with Crippen LogP contribution >= 0.6 is 0 Å². The molecule has 0 radical (unpaired) electrons. The molecule has 0 bridgehead atoms. The summed E-state index contributed by atoms with van der Waals surface area (Å²) < 4.78 is 0. The number of likely N-dealkylation sites (N-methyl/N-ethyl adjacent to an activating group) is 1. The molecule has 1 saturated heterocycles. The van der Waals surface area contributed by atoms with Gasteiger partial charge in [0, 0.05) is 25.3 Å². The number of carbonyl (C=O) groups is 1. The number of nitrogens with zero attached hydrogens (tertiary/aromatic N) is 2. The molecule has 4 nitrogen and oxygen atoms in total. The Kier molecular flexibility index (Phi) is 3.98. The van der Waals surface area contributed by atoms with Crippen LogP contribution in [0, 0.1) is 0 Å². The van der Waals surface area contributed by atoms with Crippen molar-refractivity contribution in [1.29, 1.82) is 0 Å². The molecule has 4 heteroatoms. The number of para-hydroxylation sites is 1. The van der Waals surface area contributed by atoms with E-state index in [2.05, 4.69) is 17.3 Å². The van der Waals surface area contributed by atoms with Crippen LogP contribution in [0.5, 0.6) is 0 Å². The zero-order valence-electron chi connectivity index (χ0n) is 10.2. The molecule has 1 fully saturated rings. The third-order valence-electron chi connectivity index (χ3n) is 3.03. The quantitative estimate of drug-likeness (QED) is 0.803. The monoisotopic (exact) mass is 233 g/mol. The summed E-state index contributed by atoms with van der Waals surface area (Å²) in [5.41, 5.74) is 0.857. The first-order valence-corrected chi connectivity index (χ1v) is 6.05. The predicted octanol–water partition coefficient (Wildman–Crippen LogP) is 1.86. The number of hydrogen-bond donors (Lipinski definition) is 1. The molecular weight excluding hydrogens is 214 g/mol. The zero-order valence-corrected chi connectivity index (χ0v) is 10.2. The molecule has 2 amide bonds. The van der Waals surface area contributed by atoms with Crippen molar-refractivity contribution in [2.75, 3.05) is 38.5 Å². The largest absolute Gasteiger partial charge is 0.323 e. The summed E-state index contributed by atoms with van der Waals surface area (Å²) in [4.78, 5) is 16.2. The molecule has 92 valence electrons. The fraction of sp³-hybridized carbons (Fsp3) is 0.462. The second-order valence-electron chi connectivity index (χ2n) is 4.44. The standard InChI is InChI=1S/C13H19N3O/c1-15-8-5-9-16(11-10-15)13(17)14-12-6-3-2-4-7-12/h2-4,6-7H,5,8-11H2,1H3,(H,14,17). The van der Waals surface area contributed by atoms with E-state index < -0.39 is 0 Å². The van der Waals surface area contributed by atoms with Gasteiger partial charge in [-0.2, -0.15) is 0 Å². The van der Waals surface area contributed by atoms with Gasteiger partial charge < -0.3 is 15.1 Å². The lowest BCUT2D eigenvalue weighted by Gasteiger charge is -2.21.